The van der Waals surface area contributed by atoms with Gasteiger partial charge in [0.25, 0.3) is 0 Å². The van der Waals surface area contributed by atoms with Crippen molar-refractivity contribution in [2.45, 2.75) is 60.0 Å². The van der Waals surface area contributed by atoms with Crippen LogP contribution in [-0.4, -0.2) is 4.98 Å². The van der Waals surface area contributed by atoms with Gasteiger partial charge in [0, 0.05) is 16.8 Å². The molecule has 1 aromatic heterocycles. The quantitative estimate of drug-likeness (QED) is 0.437. The number of hydrogen-bond donors (Lipinski definition) is 0. The summed E-state index contributed by atoms with van der Waals surface area (Å²) in [6, 6.07) is 19.3. The molecule has 0 aliphatic heterocycles. The number of benzene rings is 2. The molecule has 28 heavy (non-hydrogen) atoms. The third kappa shape index (κ3) is 4.62. The van der Waals surface area contributed by atoms with Gasteiger partial charge in [-0.2, -0.15) is 0 Å². The summed E-state index contributed by atoms with van der Waals surface area (Å²) in [5, 5.41) is 0. The van der Waals surface area contributed by atoms with Crippen LogP contribution < -0.4 is 4.74 Å². The third-order valence-electron chi connectivity index (χ3n) is 5.28. The summed E-state index contributed by atoms with van der Waals surface area (Å²) >= 11 is 0. The lowest BCUT2D eigenvalue weighted by Crippen LogP contribution is -2.02. The van der Waals surface area contributed by atoms with Crippen molar-refractivity contribution in [3.8, 4) is 17.0 Å². The van der Waals surface area contributed by atoms with Crippen LogP contribution in [0.25, 0.3) is 11.3 Å². The van der Waals surface area contributed by atoms with E-state index in [1.54, 1.807) is 0 Å². The number of pyridine rings is 1. The van der Waals surface area contributed by atoms with Gasteiger partial charge in [-0.3, -0.25) is 4.98 Å². The topological polar surface area (TPSA) is 22.1 Å². The molecular weight excluding hydrogens is 342 g/mol. The zero-order chi connectivity index (χ0) is 19.9. The highest BCUT2D eigenvalue weighted by Crippen LogP contribution is 2.28. The van der Waals surface area contributed by atoms with E-state index in [1.165, 1.54) is 22.3 Å². The van der Waals surface area contributed by atoms with Gasteiger partial charge in [-0.1, -0.05) is 63.6 Å². The van der Waals surface area contributed by atoms with Crippen LogP contribution in [-0.2, 0) is 25.9 Å². The van der Waals surface area contributed by atoms with E-state index in [2.05, 4.69) is 76.2 Å². The first-order valence-corrected chi connectivity index (χ1v) is 10.5. The molecule has 0 amide bonds. The molecule has 0 atom stereocenters. The molecule has 0 aliphatic rings. The molecule has 2 nitrogen and oxygen atoms in total. The Hall–Kier alpha value is -2.61. The molecule has 0 fully saturated rings. The first-order chi connectivity index (χ1) is 13.7. The highest BCUT2D eigenvalue weighted by Gasteiger charge is 2.12. The van der Waals surface area contributed by atoms with Gasteiger partial charge >= 0.3 is 0 Å². The lowest BCUT2D eigenvalue weighted by molar-refractivity contribution is 0.304. The van der Waals surface area contributed by atoms with E-state index in [9.17, 15) is 0 Å². The fourth-order valence-electron chi connectivity index (χ4n) is 3.69. The van der Waals surface area contributed by atoms with Gasteiger partial charge in [-0.15, -0.1) is 0 Å². The Morgan fingerprint density at radius 3 is 2.18 bits per heavy atom. The van der Waals surface area contributed by atoms with Gasteiger partial charge in [-0.05, 0) is 61.1 Å². The number of ether oxygens (including phenoxy) is 1. The predicted octanol–water partition coefficient (Wildman–Crippen LogP) is 6.71. The van der Waals surface area contributed by atoms with Gasteiger partial charge < -0.3 is 4.74 Å². The minimum atomic E-state index is 0.546. The van der Waals surface area contributed by atoms with Crippen LogP contribution in [0, 0.1) is 6.92 Å². The SMILES string of the molecule is CCCc1cccc(OCc2ccc(-c3c(CC)cccc3CC)nc2C)c1. The summed E-state index contributed by atoms with van der Waals surface area (Å²) in [4.78, 5) is 4.94. The normalized spacial score (nSPS) is 10.9. The van der Waals surface area contributed by atoms with Crippen molar-refractivity contribution in [3.63, 3.8) is 0 Å². The van der Waals surface area contributed by atoms with Crippen LogP contribution in [0.4, 0.5) is 0 Å². The Bertz CT molecular complexity index is 907. The Balaban J connectivity index is 1.81. The molecule has 0 saturated carbocycles. The summed E-state index contributed by atoms with van der Waals surface area (Å²) in [5.41, 5.74) is 8.60. The molecule has 0 aliphatic carbocycles. The first kappa shape index (κ1) is 20.1. The molecule has 0 N–H and O–H groups in total. The van der Waals surface area contributed by atoms with Crippen LogP contribution >= 0.6 is 0 Å². The minimum absolute atomic E-state index is 0.546. The fraction of sp³-hybridized carbons (Fsp3) is 0.346. The van der Waals surface area contributed by atoms with Crippen LogP contribution in [0.2, 0.25) is 0 Å². The van der Waals surface area contributed by atoms with Crippen LogP contribution in [0.5, 0.6) is 5.75 Å². The highest BCUT2D eigenvalue weighted by atomic mass is 16.5. The van der Waals surface area contributed by atoms with Gasteiger partial charge in [0.2, 0.25) is 0 Å². The molecule has 0 radical (unpaired) electrons. The molecule has 0 unspecified atom stereocenters. The van der Waals surface area contributed by atoms with Gasteiger partial charge in [-0.25, -0.2) is 0 Å². The predicted molar refractivity (Wildman–Crippen MR) is 118 cm³/mol. The van der Waals surface area contributed by atoms with Gasteiger partial charge in [0.15, 0.2) is 0 Å². The maximum Gasteiger partial charge on any atom is 0.120 e. The Kier molecular flexibility index (Phi) is 6.86. The summed E-state index contributed by atoms with van der Waals surface area (Å²) < 4.78 is 6.06. The molecule has 3 rings (SSSR count). The van der Waals surface area contributed by atoms with Crippen molar-refractivity contribution < 1.29 is 4.74 Å². The van der Waals surface area contributed by atoms with E-state index in [-0.39, 0.29) is 0 Å². The zero-order valence-electron chi connectivity index (χ0n) is 17.6. The first-order valence-electron chi connectivity index (χ1n) is 10.5. The molecule has 1 heterocycles. The molecular formula is C26H31NO. The van der Waals surface area contributed by atoms with Crippen molar-refractivity contribution >= 4 is 0 Å². The number of nitrogens with zero attached hydrogens (tertiary/aromatic N) is 1. The molecule has 0 saturated heterocycles. The molecule has 146 valence electrons. The molecule has 0 spiro atoms. The summed E-state index contributed by atoms with van der Waals surface area (Å²) in [7, 11) is 0. The molecule has 0 bridgehead atoms. The number of aromatic nitrogens is 1. The maximum atomic E-state index is 6.06. The number of rotatable bonds is 8. The number of hydrogen-bond acceptors (Lipinski definition) is 2. The largest absolute Gasteiger partial charge is 0.489 e. The summed E-state index contributed by atoms with van der Waals surface area (Å²) in [6.07, 6.45) is 4.27. The van der Waals surface area contributed by atoms with Crippen molar-refractivity contribution in [2.75, 3.05) is 0 Å². The van der Waals surface area contributed by atoms with Crippen molar-refractivity contribution in [1.29, 1.82) is 0 Å². The third-order valence-corrected chi connectivity index (χ3v) is 5.28. The second-order valence-corrected chi connectivity index (χ2v) is 7.29. The second-order valence-electron chi connectivity index (χ2n) is 7.29. The van der Waals surface area contributed by atoms with Crippen LogP contribution in [0.3, 0.4) is 0 Å². The minimum Gasteiger partial charge on any atom is -0.489 e. The van der Waals surface area contributed by atoms with Crippen LogP contribution in [0.1, 0.15) is 55.1 Å². The monoisotopic (exact) mass is 373 g/mol. The standard InChI is InChI=1S/C26H31NO/c1-5-10-20-11-8-14-24(17-20)28-18-23-15-16-25(27-19(23)4)26-21(6-2)12-9-13-22(26)7-3/h8-9,11-17H,5-7,10,18H2,1-4H3. The number of aryl methyl sites for hydroxylation is 4. The molecule has 2 heteroatoms. The summed E-state index contributed by atoms with van der Waals surface area (Å²) in [6.45, 7) is 9.24. The van der Waals surface area contributed by atoms with E-state index in [0.717, 1.165) is 48.4 Å². The van der Waals surface area contributed by atoms with E-state index in [4.69, 9.17) is 9.72 Å². The lowest BCUT2D eigenvalue weighted by Gasteiger charge is -2.15. The second kappa shape index (κ2) is 9.54. The van der Waals surface area contributed by atoms with E-state index < -0.39 is 0 Å². The Morgan fingerprint density at radius 1 is 0.821 bits per heavy atom. The summed E-state index contributed by atoms with van der Waals surface area (Å²) in [5.74, 6) is 0.930. The van der Waals surface area contributed by atoms with E-state index >= 15 is 0 Å². The van der Waals surface area contributed by atoms with E-state index in [1.807, 2.05) is 6.07 Å². The van der Waals surface area contributed by atoms with Crippen molar-refractivity contribution in [2.24, 2.45) is 0 Å². The Morgan fingerprint density at radius 2 is 1.54 bits per heavy atom. The maximum absolute atomic E-state index is 6.06. The fourth-order valence-corrected chi connectivity index (χ4v) is 3.69. The highest BCUT2D eigenvalue weighted by molar-refractivity contribution is 5.68. The lowest BCUT2D eigenvalue weighted by atomic mass is 9.94. The van der Waals surface area contributed by atoms with E-state index in [0.29, 0.717) is 6.61 Å². The average molecular weight is 374 g/mol. The average Bonchev–Trinajstić information content (AvgIpc) is 2.72. The smallest absolute Gasteiger partial charge is 0.120 e. The zero-order valence-corrected chi connectivity index (χ0v) is 17.6. The van der Waals surface area contributed by atoms with Gasteiger partial charge in [0.1, 0.15) is 12.4 Å². The molecule has 3 aromatic rings. The van der Waals surface area contributed by atoms with Crippen LogP contribution in [0.15, 0.2) is 54.6 Å². The van der Waals surface area contributed by atoms with Crippen molar-refractivity contribution in [1.82, 2.24) is 4.98 Å². The van der Waals surface area contributed by atoms with Crippen molar-refractivity contribution in [3.05, 3.63) is 82.5 Å². The van der Waals surface area contributed by atoms with Gasteiger partial charge in [0.05, 0.1) is 5.69 Å². The molecule has 2 aromatic carbocycles. The Labute approximate surface area is 169 Å².